The number of imide groups is 1. The van der Waals surface area contributed by atoms with Crippen molar-refractivity contribution in [1.82, 2.24) is 10.2 Å². The first-order valence-corrected chi connectivity index (χ1v) is 9.44. The molecule has 144 valence electrons. The Morgan fingerprint density at radius 3 is 2.58 bits per heavy atom. The molecule has 1 aliphatic heterocycles. The summed E-state index contributed by atoms with van der Waals surface area (Å²) >= 11 is 5.81. The van der Waals surface area contributed by atoms with Gasteiger partial charge in [0.1, 0.15) is 24.0 Å². The van der Waals surface area contributed by atoms with Crippen LogP contribution in [-0.2, 0) is 4.79 Å². The zero-order valence-electron chi connectivity index (χ0n) is 15.3. The van der Waals surface area contributed by atoms with Crippen molar-refractivity contribution in [2.24, 2.45) is 0 Å². The molecule has 0 radical (unpaired) electrons. The monoisotopic (exact) mass is 382 g/mol. The topological polar surface area (TPSA) is 78.9 Å². The van der Waals surface area contributed by atoms with E-state index in [4.69, 9.17) is 16.3 Å². The van der Waals surface area contributed by atoms with E-state index in [0.29, 0.717) is 17.2 Å². The maximum absolute atomic E-state index is 12.6. The number of rotatable bonds is 10. The summed E-state index contributed by atoms with van der Waals surface area (Å²) in [5, 5.41) is 13.5. The molecular formula is C19H27ClN2O4. The van der Waals surface area contributed by atoms with Crippen molar-refractivity contribution >= 4 is 23.5 Å². The number of nitrogens with one attached hydrogen (secondary N) is 1. The van der Waals surface area contributed by atoms with Crippen LogP contribution in [0, 0.1) is 0 Å². The number of β-amino-alcohol motifs (C(OH)–C–C–N with tert-alkyl or cyclic N) is 1. The lowest BCUT2D eigenvalue weighted by molar-refractivity contribution is -0.132. The van der Waals surface area contributed by atoms with E-state index in [-0.39, 0.29) is 19.1 Å². The maximum atomic E-state index is 12.6. The van der Waals surface area contributed by atoms with Crippen LogP contribution in [0.5, 0.6) is 5.75 Å². The van der Waals surface area contributed by atoms with E-state index in [1.165, 1.54) is 0 Å². The Morgan fingerprint density at radius 2 is 1.92 bits per heavy atom. The van der Waals surface area contributed by atoms with Gasteiger partial charge in [-0.05, 0) is 37.6 Å². The standard InChI is InChI=1S/C19H27ClN2O4/c1-3-4-5-6-11-19(2)17(24)22(18(25)21-19)12-15(23)13-26-16-9-7-14(20)8-10-16/h7-10,15,23H,3-6,11-13H2,1-2H3,(H,21,25). The minimum absolute atomic E-state index is 0.0219. The Balaban J connectivity index is 1.84. The number of ether oxygens (including phenoxy) is 1. The van der Waals surface area contributed by atoms with Crippen LogP contribution in [0.4, 0.5) is 4.79 Å². The van der Waals surface area contributed by atoms with E-state index >= 15 is 0 Å². The molecule has 1 aromatic rings. The highest BCUT2D eigenvalue weighted by molar-refractivity contribution is 6.30. The molecule has 0 bridgehead atoms. The Morgan fingerprint density at radius 1 is 1.23 bits per heavy atom. The minimum Gasteiger partial charge on any atom is -0.491 e. The molecule has 6 nitrogen and oxygen atoms in total. The predicted octanol–water partition coefficient (Wildman–Crippen LogP) is 3.36. The van der Waals surface area contributed by atoms with Crippen LogP contribution in [0.15, 0.2) is 24.3 Å². The second-order valence-electron chi connectivity index (χ2n) is 6.91. The molecule has 3 amide bonds. The molecule has 1 aliphatic rings. The third-order valence-corrected chi connectivity index (χ3v) is 4.78. The average Bonchev–Trinajstić information content (AvgIpc) is 2.82. The lowest BCUT2D eigenvalue weighted by Crippen LogP contribution is -2.45. The summed E-state index contributed by atoms with van der Waals surface area (Å²) in [5.74, 6) is 0.274. The number of carbonyl (C=O) groups excluding carboxylic acids is 2. The third kappa shape index (κ3) is 5.35. The van der Waals surface area contributed by atoms with Crippen LogP contribution in [-0.4, -0.2) is 46.7 Å². The van der Waals surface area contributed by atoms with Crippen molar-refractivity contribution in [3.8, 4) is 5.75 Å². The molecule has 2 rings (SSSR count). The molecule has 26 heavy (non-hydrogen) atoms. The molecule has 0 spiro atoms. The second-order valence-corrected chi connectivity index (χ2v) is 7.34. The van der Waals surface area contributed by atoms with E-state index in [1.807, 2.05) is 0 Å². The lowest BCUT2D eigenvalue weighted by Gasteiger charge is -2.22. The molecule has 0 saturated carbocycles. The van der Waals surface area contributed by atoms with Gasteiger partial charge in [-0.25, -0.2) is 4.79 Å². The fourth-order valence-electron chi connectivity index (χ4n) is 2.97. The van der Waals surface area contributed by atoms with E-state index in [1.54, 1.807) is 31.2 Å². The highest BCUT2D eigenvalue weighted by atomic mass is 35.5. The summed E-state index contributed by atoms with van der Waals surface area (Å²) in [7, 11) is 0. The minimum atomic E-state index is -0.970. The van der Waals surface area contributed by atoms with Crippen molar-refractivity contribution in [3.05, 3.63) is 29.3 Å². The zero-order valence-corrected chi connectivity index (χ0v) is 16.1. The molecule has 1 aromatic carbocycles. The number of unbranched alkanes of at least 4 members (excludes halogenated alkanes) is 3. The third-order valence-electron chi connectivity index (χ3n) is 4.52. The van der Waals surface area contributed by atoms with Crippen LogP contribution in [0.1, 0.15) is 46.0 Å². The number of nitrogens with zero attached hydrogens (tertiary/aromatic N) is 1. The number of amides is 3. The molecule has 1 fully saturated rings. The molecule has 1 heterocycles. The summed E-state index contributed by atoms with van der Waals surface area (Å²) in [6.45, 7) is 3.75. The number of carbonyl (C=O) groups is 2. The van der Waals surface area contributed by atoms with Crippen molar-refractivity contribution in [3.63, 3.8) is 0 Å². The first-order chi connectivity index (χ1) is 12.4. The fraction of sp³-hybridized carbons (Fsp3) is 0.579. The van der Waals surface area contributed by atoms with Crippen LogP contribution in [0.3, 0.4) is 0 Å². The van der Waals surface area contributed by atoms with Crippen LogP contribution < -0.4 is 10.1 Å². The Bertz CT molecular complexity index is 622. The zero-order chi connectivity index (χ0) is 19.2. The highest BCUT2D eigenvalue weighted by Crippen LogP contribution is 2.24. The van der Waals surface area contributed by atoms with Gasteiger partial charge in [-0.3, -0.25) is 9.69 Å². The van der Waals surface area contributed by atoms with Gasteiger partial charge in [-0.2, -0.15) is 0 Å². The molecule has 2 atom stereocenters. The molecular weight excluding hydrogens is 356 g/mol. The SMILES string of the molecule is CCCCCCC1(C)NC(=O)N(CC(O)COc2ccc(Cl)cc2)C1=O. The van der Waals surface area contributed by atoms with Gasteiger partial charge in [-0.1, -0.05) is 44.2 Å². The Labute approximate surface area is 159 Å². The first-order valence-electron chi connectivity index (χ1n) is 9.06. The van der Waals surface area contributed by atoms with Gasteiger partial charge in [0, 0.05) is 5.02 Å². The molecule has 1 saturated heterocycles. The van der Waals surface area contributed by atoms with E-state index in [0.717, 1.165) is 30.6 Å². The number of benzene rings is 1. The fourth-order valence-corrected chi connectivity index (χ4v) is 3.10. The van der Waals surface area contributed by atoms with Crippen molar-refractivity contribution in [2.75, 3.05) is 13.2 Å². The number of urea groups is 1. The van der Waals surface area contributed by atoms with E-state index in [2.05, 4.69) is 12.2 Å². The second kappa shape index (κ2) is 9.24. The number of hydrogen-bond donors (Lipinski definition) is 2. The molecule has 7 heteroatoms. The number of aliphatic hydroxyl groups excluding tert-OH is 1. The van der Waals surface area contributed by atoms with Crippen molar-refractivity contribution in [1.29, 1.82) is 0 Å². The van der Waals surface area contributed by atoms with Gasteiger partial charge in [0.05, 0.1) is 6.54 Å². The molecule has 0 aromatic heterocycles. The van der Waals surface area contributed by atoms with Gasteiger partial charge >= 0.3 is 6.03 Å². The molecule has 2 N–H and O–H groups in total. The van der Waals surface area contributed by atoms with Crippen LogP contribution >= 0.6 is 11.6 Å². The average molecular weight is 383 g/mol. The summed E-state index contributed by atoms with van der Waals surface area (Å²) in [6, 6.07) is 6.29. The number of aliphatic hydroxyl groups is 1. The molecule has 2 unspecified atom stereocenters. The van der Waals surface area contributed by atoms with Crippen LogP contribution in [0.25, 0.3) is 0 Å². The van der Waals surface area contributed by atoms with Crippen molar-refractivity contribution < 1.29 is 19.4 Å². The summed E-state index contributed by atoms with van der Waals surface area (Å²) in [5.41, 5.74) is -0.887. The van der Waals surface area contributed by atoms with E-state index in [9.17, 15) is 14.7 Å². The Hall–Kier alpha value is -1.79. The van der Waals surface area contributed by atoms with E-state index < -0.39 is 17.7 Å². The quantitative estimate of drug-likeness (QED) is 0.480. The molecule has 0 aliphatic carbocycles. The Kier molecular flexibility index (Phi) is 7.29. The maximum Gasteiger partial charge on any atom is 0.325 e. The highest BCUT2D eigenvalue weighted by Gasteiger charge is 2.47. The summed E-state index contributed by atoms with van der Waals surface area (Å²) < 4.78 is 5.47. The lowest BCUT2D eigenvalue weighted by atomic mass is 9.94. The van der Waals surface area contributed by atoms with Gasteiger partial charge in [0.25, 0.3) is 5.91 Å². The number of hydrogen-bond acceptors (Lipinski definition) is 4. The number of halogens is 1. The van der Waals surface area contributed by atoms with Gasteiger partial charge in [-0.15, -0.1) is 0 Å². The normalized spacial score (nSPS) is 21.0. The van der Waals surface area contributed by atoms with Gasteiger partial charge in [0.15, 0.2) is 0 Å². The van der Waals surface area contributed by atoms with Crippen LogP contribution in [0.2, 0.25) is 5.02 Å². The van der Waals surface area contributed by atoms with Gasteiger partial charge in [0.2, 0.25) is 0 Å². The largest absolute Gasteiger partial charge is 0.491 e. The summed E-state index contributed by atoms with van der Waals surface area (Å²) in [4.78, 5) is 25.9. The van der Waals surface area contributed by atoms with Gasteiger partial charge < -0.3 is 15.2 Å². The smallest absolute Gasteiger partial charge is 0.325 e. The predicted molar refractivity (Wildman–Crippen MR) is 100 cm³/mol. The first kappa shape index (κ1) is 20.5. The summed E-state index contributed by atoms with van der Waals surface area (Å²) in [6.07, 6.45) is 3.78. The van der Waals surface area contributed by atoms with Crippen molar-refractivity contribution in [2.45, 2.75) is 57.6 Å².